The first-order chi connectivity index (χ1) is 17.0. The molecule has 1 saturated heterocycles. The summed E-state index contributed by atoms with van der Waals surface area (Å²) in [6.07, 6.45) is 3.72. The van der Waals surface area contributed by atoms with Crippen LogP contribution in [0.1, 0.15) is 42.4 Å². The van der Waals surface area contributed by atoms with Crippen molar-refractivity contribution >= 4 is 11.6 Å². The number of rotatable bonds is 4. The number of anilines is 2. The first kappa shape index (κ1) is 22.3. The van der Waals surface area contributed by atoms with Crippen LogP contribution in [0.4, 0.5) is 24.8 Å². The van der Waals surface area contributed by atoms with E-state index in [0.29, 0.717) is 43.2 Å². The number of ether oxygens (including phenoxy) is 1. The Morgan fingerprint density at radius 3 is 2.66 bits per heavy atom. The van der Waals surface area contributed by atoms with Gasteiger partial charge in [0.2, 0.25) is 5.95 Å². The van der Waals surface area contributed by atoms with Crippen molar-refractivity contribution in [1.29, 1.82) is 0 Å². The van der Waals surface area contributed by atoms with Crippen molar-refractivity contribution in [3.63, 3.8) is 0 Å². The molecule has 4 heterocycles. The Kier molecular flexibility index (Phi) is 5.58. The van der Waals surface area contributed by atoms with Gasteiger partial charge in [-0.2, -0.15) is 15.2 Å². The number of fused-ring (bicyclic) bond motifs is 3. The molecule has 2 aromatic heterocycles. The Bertz CT molecular complexity index is 1240. The van der Waals surface area contributed by atoms with Gasteiger partial charge in [0.25, 0.3) is 0 Å². The Morgan fingerprint density at radius 2 is 1.89 bits per heavy atom. The Morgan fingerprint density at radius 1 is 1.09 bits per heavy atom. The van der Waals surface area contributed by atoms with Gasteiger partial charge in [0.05, 0.1) is 17.6 Å². The maximum Gasteiger partial charge on any atom is 0.242 e. The molecule has 2 aliphatic heterocycles. The summed E-state index contributed by atoms with van der Waals surface area (Å²) < 4.78 is 49.5. The molecule has 8 nitrogen and oxygen atoms in total. The fourth-order valence-electron chi connectivity index (χ4n) is 5.69. The molecule has 1 N–H and O–H groups in total. The van der Waals surface area contributed by atoms with Gasteiger partial charge in [-0.15, -0.1) is 5.10 Å². The fourth-order valence-corrected chi connectivity index (χ4v) is 5.69. The fraction of sp³-hybridized carbons (Fsp3) is 0.500. The quantitative estimate of drug-likeness (QED) is 0.566. The Balaban J connectivity index is 1.24. The third-order valence-electron chi connectivity index (χ3n) is 7.34. The molecule has 0 amide bonds. The summed E-state index contributed by atoms with van der Waals surface area (Å²) in [6, 6.07) is 4.40. The number of aryl methyl sites for hydroxylation is 2. The highest BCUT2D eigenvalue weighted by atomic mass is 19.2. The van der Waals surface area contributed by atoms with Crippen molar-refractivity contribution in [1.82, 2.24) is 25.0 Å². The summed E-state index contributed by atoms with van der Waals surface area (Å²) in [5.74, 6) is -2.33. The van der Waals surface area contributed by atoms with Crippen LogP contribution < -0.4 is 10.2 Å². The van der Waals surface area contributed by atoms with Crippen molar-refractivity contribution in [2.45, 2.75) is 44.9 Å². The zero-order valence-corrected chi connectivity index (χ0v) is 19.3. The van der Waals surface area contributed by atoms with Gasteiger partial charge in [0.15, 0.2) is 23.3 Å². The second-order valence-corrected chi connectivity index (χ2v) is 9.61. The first-order valence-electron chi connectivity index (χ1n) is 12.0. The van der Waals surface area contributed by atoms with Crippen LogP contribution in [0.2, 0.25) is 0 Å². The van der Waals surface area contributed by atoms with E-state index in [9.17, 15) is 13.2 Å². The number of hydrogen-bond donors (Lipinski definition) is 1. The van der Waals surface area contributed by atoms with Gasteiger partial charge in [-0.3, -0.25) is 0 Å². The first-order valence-corrected chi connectivity index (χ1v) is 12.0. The van der Waals surface area contributed by atoms with Gasteiger partial charge in [-0.1, -0.05) is 0 Å². The Hall–Kier alpha value is -3.21. The van der Waals surface area contributed by atoms with Crippen LogP contribution in [0.15, 0.2) is 24.4 Å². The second-order valence-electron chi connectivity index (χ2n) is 9.61. The molecule has 0 spiro atoms. The van der Waals surface area contributed by atoms with Gasteiger partial charge in [0.1, 0.15) is 6.10 Å². The van der Waals surface area contributed by atoms with E-state index < -0.39 is 23.6 Å². The van der Waals surface area contributed by atoms with E-state index in [0.717, 1.165) is 43.4 Å². The predicted octanol–water partition coefficient (Wildman–Crippen LogP) is 3.63. The van der Waals surface area contributed by atoms with Crippen molar-refractivity contribution < 1.29 is 17.9 Å². The highest BCUT2D eigenvalue weighted by Gasteiger charge is 2.43. The van der Waals surface area contributed by atoms with Crippen LogP contribution in [0.25, 0.3) is 0 Å². The third-order valence-corrected chi connectivity index (χ3v) is 7.34. The third kappa shape index (κ3) is 4.01. The monoisotopic (exact) mass is 485 g/mol. The molecule has 1 saturated carbocycles. The number of benzene rings is 1. The molecule has 6 rings (SSSR count). The standard InChI is InChI=1S/C24H26F3N7O/c1-13-9-16(10-28-31-13)33-11-14-3-4-15(12-33)21(14)29-24-30-23-22(35-8-2-7-34(23)32-24)17-5-6-18(25)20(27)19(17)26/h5-6,9-10,14-15,21-22H,2-4,7-8,11-12H2,1H3,(H,29,32)/t14-,15+,21-,22-/m0/s1. The minimum absolute atomic E-state index is 0.0827. The van der Waals surface area contributed by atoms with Crippen LogP contribution >= 0.6 is 0 Å². The summed E-state index contributed by atoms with van der Waals surface area (Å²) in [5.41, 5.74) is 1.90. The number of halogens is 3. The molecule has 4 atom stereocenters. The van der Waals surface area contributed by atoms with E-state index in [4.69, 9.17) is 4.74 Å². The van der Waals surface area contributed by atoms with Gasteiger partial charge in [-0.25, -0.2) is 17.9 Å². The molecule has 2 fully saturated rings. The molecule has 1 aliphatic carbocycles. The van der Waals surface area contributed by atoms with Crippen molar-refractivity contribution in [2.75, 3.05) is 29.9 Å². The normalized spacial score (nSPS) is 25.9. The lowest BCUT2D eigenvalue weighted by Crippen LogP contribution is -2.48. The van der Waals surface area contributed by atoms with Crippen LogP contribution in [0.3, 0.4) is 0 Å². The SMILES string of the molecule is Cc1cc(N2C[C@H]3CC[C@@H](C2)[C@@H]3Nc2nc3n(n2)CCCO[C@H]3c2ccc(F)c(F)c2F)cnn1. The summed E-state index contributed by atoms with van der Waals surface area (Å²) in [6.45, 7) is 4.63. The second kappa shape index (κ2) is 8.78. The average Bonchev–Trinajstić information content (AvgIpc) is 3.25. The maximum atomic E-state index is 14.6. The lowest BCUT2D eigenvalue weighted by molar-refractivity contribution is 0.0780. The summed E-state index contributed by atoms with van der Waals surface area (Å²) in [7, 11) is 0. The summed E-state index contributed by atoms with van der Waals surface area (Å²) >= 11 is 0. The Labute approximate surface area is 200 Å². The van der Waals surface area contributed by atoms with E-state index in [1.165, 1.54) is 6.07 Å². The van der Waals surface area contributed by atoms with E-state index in [2.05, 4.69) is 36.6 Å². The van der Waals surface area contributed by atoms with Gasteiger partial charge >= 0.3 is 0 Å². The molecule has 184 valence electrons. The highest BCUT2D eigenvalue weighted by molar-refractivity contribution is 5.46. The molecule has 3 aliphatic rings. The number of nitrogens with zero attached hydrogens (tertiary/aromatic N) is 6. The molecule has 35 heavy (non-hydrogen) atoms. The van der Waals surface area contributed by atoms with Crippen LogP contribution in [0, 0.1) is 36.2 Å². The highest BCUT2D eigenvalue weighted by Crippen LogP contribution is 2.40. The number of aromatic nitrogens is 5. The van der Waals surface area contributed by atoms with Gasteiger partial charge < -0.3 is 15.0 Å². The summed E-state index contributed by atoms with van der Waals surface area (Å²) in [4.78, 5) is 7.01. The van der Waals surface area contributed by atoms with Crippen molar-refractivity contribution in [3.8, 4) is 0 Å². The smallest absolute Gasteiger partial charge is 0.242 e. The molecule has 0 radical (unpaired) electrons. The zero-order chi connectivity index (χ0) is 24.1. The van der Waals surface area contributed by atoms with E-state index >= 15 is 0 Å². The van der Waals surface area contributed by atoms with Crippen molar-refractivity contribution in [3.05, 3.63) is 58.9 Å². The van der Waals surface area contributed by atoms with Crippen LogP contribution in [-0.2, 0) is 11.3 Å². The minimum Gasteiger partial charge on any atom is -0.369 e. The van der Waals surface area contributed by atoms with Crippen LogP contribution in [-0.4, -0.2) is 50.7 Å². The van der Waals surface area contributed by atoms with Crippen molar-refractivity contribution in [2.24, 2.45) is 11.8 Å². The molecular formula is C24H26F3N7O. The maximum absolute atomic E-state index is 14.6. The molecule has 11 heteroatoms. The van der Waals surface area contributed by atoms with Crippen LogP contribution in [0.5, 0.6) is 0 Å². The summed E-state index contributed by atoms with van der Waals surface area (Å²) in [5, 5.41) is 16.3. The largest absolute Gasteiger partial charge is 0.369 e. The molecule has 2 bridgehead atoms. The van der Waals surface area contributed by atoms with E-state index in [1.807, 2.05) is 13.1 Å². The number of nitrogens with one attached hydrogen (secondary N) is 1. The minimum atomic E-state index is -1.51. The lowest BCUT2D eigenvalue weighted by Gasteiger charge is -2.39. The van der Waals surface area contributed by atoms with E-state index in [1.54, 1.807) is 4.68 Å². The molecule has 0 unspecified atom stereocenters. The van der Waals surface area contributed by atoms with E-state index in [-0.39, 0.29) is 11.6 Å². The van der Waals surface area contributed by atoms with Gasteiger partial charge in [0, 0.05) is 37.8 Å². The zero-order valence-electron chi connectivity index (χ0n) is 19.3. The average molecular weight is 486 g/mol. The van der Waals surface area contributed by atoms with Gasteiger partial charge in [-0.05, 0) is 56.2 Å². The number of piperidine rings is 1. The molecule has 1 aromatic carbocycles. The molecular weight excluding hydrogens is 459 g/mol. The lowest BCUT2D eigenvalue weighted by atomic mass is 9.92. The molecule has 3 aromatic rings. The predicted molar refractivity (Wildman–Crippen MR) is 121 cm³/mol. The topological polar surface area (TPSA) is 81.0 Å². The number of hydrogen-bond acceptors (Lipinski definition) is 7.